The molecular weight excluding hydrogens is 186 g/mol. The van der Waals surface area contributed by atoms with Crippen LogP contribution in [0.25, 0.3) is 0 Å². The number of morpholine rings is 1. The fourth-order valence-electron chi connectivity index (χ4n) is 1.31. The van der Waals surface area contributed by atoms with Gasteiger partial charge in [0.15, 0.2) is 0 Å². The number of amides is 1. The maximum absolute atomic E-state index is 11.3. The van der Waals surface area contributed by atoms with Gasteiger partial charge >= 0.3 is 5.97 Å². The Kier molecular flexibility index (Phi) is 3.10. The minimum atomic E-state index is -0.406. The maximum atomic E-state index is 11.3. The molecule has 5 heteroatoms. The van der Waals surface area contributed by atoms with E-state index in [9.17, 15) is 9.59 Å². The molecule has 0 spiro atoms. The van der Waals surface area contributed by atoms with Crippen molar-refractivity contribution in [1.82, 2.24) is 4.90 Å². The normalized spacial score (nSPS) is 20.8. The molecule has 14 heavy (non-hydrogen) atoms. The van der Waals surface area contributed by atoms with Gasteiger partial charge in [-0.3, -0.25) is 9.59 Å². The highest BCUT2D eigenvalue weighted by atomic mass is 16.5. The summed E-state index contributed by atoms with van der Waals surface area (Å²) in [5.41, 5.74) is -0.387. The van der Waals surface area contributed by atoms with Gasteiger partial charge in [0, 0.05) is 6.54 Å². The van der Waals surface area contributed by atoms with Crippen molar-refractivity contribution in [2.24, 2.45) is 0 Å². The van der Waals surface area contributed by atoms with Crippen molar-refractivity contribution < 1.29 is 19.1 Å². The first-order valence-electron chi connectivity index (χ1n) is 4.43. The lowest BCUT2D eigenvalue weighted by Gasteiger charge is -2.37. The standard InChI is InChI=1S/C9H15NO4/c1-9(2)6-10(4-8(12)13-3)7(11)5-14-9/h4-6H2,1-3H3. The molecule has 0 N–H and O–H groups in total. The largest absolute Gasteiger partial charge is 0.468 e. The number of carbonyl (C=O) groups is 2. The topological polar surface area (TPSA) is 55.8 Å². The van der Waals surface area contributed by atoms with Gasteiger partial charge in [-0.25, -0.2) is 0 Å². The van der Waals surface area contributed by atoms with Crippen LogP contribution in [0.2, 0.25) is 0 Å². The molecule has 0 aromatic carbocycles. The van der Waals surface area contributed by atoms with Crippen molar-refractivity contribution in [1.29, 1.82) is 0 Å². The Morgan fingerprint density at radius 2 is 2.29 bits per heavy atom. The number of hydrogen-bond donors (Lipinski definition) is 0. The Morgan fingerprint density at radius 3 is 2.86 bits per heavy atom. The molecule has 0 aromatic rings. The number of hydrogen-bond acceptors (Lipinski definition) is 4. The lowest BCUT2D eigenvalue weighted by Crippen LogP contribution is -2.53. The van der Waals surface area contributed by atoms with E-state index in [1.165, 1.54) is 12.0 Å². The minimum absolute atomic E-state index is 0.00211. The van der Waals surface area contributed by atoms with Crippen LogP contribution in [-0.2, 0) is 19.1 Å². The monoisotopic (exact) mass is 201 g/mol. The van der Waals surface area contributed by atoms with Gasteiger partial charge in [-0.05, 0) is 13.8 Å². The van der Waals surface area contributed by atoms with Crippen LogP contribution < -0.4 is 0 Å². The minimum Gasteiger partial charge on any atom is -0.468 e. The van der Waals surface area contributed by atoms with Crippen molar-refractivity contribution in [2.75, 3.05) is 26.8 Å². The Morgan fingerprint density at radius 1 is 1.64 bits per heavy atom. The van der Waals surface area contributed by atoms with Crippen molar-refractivity contribution in [3.05, 3.63) is 0 Å². The van der Waals surface area contributed by atoms with Crippen LogP contribution in [0.4, 0.5) is 0 Å². The molecule has 1 aliphatic heterocycles. The van der Waals surface area contributed by atoms with Crippen molar-refractivity contribution in [2.45, 2.75) is 19.4 Å². The first kappa shape index (κ1) is 11.0. The van der Waals surface area contributed by atoms with Crippen molar-refractivity contribution in [3.63, 3.8) is 0 Å². The highest BCUT2D eigenvalue weighted by Crippen LogP contribution is 2.16. The number of methoxy groups -OCH3 is 1. The SMILES string of the molecule is COC(=O)CN1CC(C)(C)OCC1=O. The molecule has 0 unspecified atom stereocenters. The van der Waals surface area contributed by atoms with Gasteiger partial charge in [-0.1, -0.05) is 0 Å². The van der Waals surface area contributed by atoms with Crippen molar-refractivity contribution in [3.8, 4) is 0 Å². The summed E-state index contributed by atoms with van der Waals surface area (Å²) in [4.78, 5) is 23.8. The molecule has 1 heterocycles. The first-order chi connectivity index (χ1) is 6.44. The van der Waals surface area contributed by atoms with Gasteiger partial charge in [0.05, 0.1) is 12.7 Å². The molecule has 0 aromatic heterocycles. The molecule has 0 radical (unpaired) electrons. The van der Waals surface area contributed by atoms with Gasteiger partial charge in [0.1, 0.15) is 13.2 Å². The van der Waals surface area contributed by atoms with Gasteiger partial charge < -0.3 is 14.4 Å². The summed E-state index contributed by atoms with van der Waals surface area (Å²) < 4.78 is 9.78. The molecule has 0 bridgehead atoms. The number of ether oxygens (including phenoxy) is 2. The molecule has 1 saturated heterocycles. The summed E-state index contributed by atoms with van der Waals surface area (Å²) in [6.45, 7) is 4.21. The van der Waals surface area contributed by atoms with Crippen LogP contribution in [-0.4, -0.2) is 49.2 Å². The summed E-state index contributed by atoms with van der Waals surface area (Å²) in [6.07, 6.45) is 0. The molecule has 1 fully saturated rings. The van der Waals surface area contributed by atoms with E-state index in [4.69, 9.17) is 4.74 Å². The second kappa shape index (κ2) is 3.96. The van der Waals surface area contributed by atoms with Gasteiger partial charge in [-0.2, -0.15) is 0 Å². The Labute approximate surface area is 83.0 Å². The first-order valence-corrected chi connectivity index (χ1v) is 4.43. The zero-order valence-corrected chi connectivity index (χ0v) is 8.70. The summed E-state index contributed by atoms with van der Waals surface area (Å²) in [5, 5.41) is 0. The third-order valence-corrected chi connectivity index (χ3v) is 2.06. The van der Waals surface area contributed by atoms with E-state index in [1.54, 1.807) is 0 Å². The fourth-order valence-corrected chi connectivity index (χ4v) is 1.31. The van der Waals surface area contributed by atoms with Gasteiger partial charge in [0.2, 0.25) is 5.91 Å². The predicted octanol–water partition coefficient (Wildman–Crippen LogP) is -0.203. The molecule has 1 rings (SSSR count). The van der Waals surface area contributed by atoms with Crippen LogP contribution in [0.3, 0.4) is 0 Å². The predicted molar refractivity (Wildman–Crippen MR) is 48.6 cm³/mol. The van der Waals surface area contributed by atoms with Gasteiger partial charge in [-0.15, -0.1) is 0 Å². The van der Waals surface area contributed by atoms with E-state index in [0.29, 0.717) is 6.54 Å². The Balaban J connectivity index is 2.57. The Bertz CT molecular complexity index is 249. The molecule has 5 nitrogen and oxygen atoms in total. The molecule has 80 valence electrons. The van der Waals surface area contributed by atoms with Crippen LogP contribution >= 0.6 is 0 Å². The number of esters is 1. The number of nitrogens with zero attached hydrogens (tertiary/aromatic N) is 1. The lowest BCUT2D eigenvalue weighted by molar-refractivity contribution is -0.164. The molecule has 0 aliphatic carbocycles. The summed E-state index contributed by atoms with van der Waals surface area (Å²) in [5.74, 6) is -0.578. The van der Waals surface area contributed by atoms with Gasteiger partial charge in [0.25, 0.3) is 0 Å². The zero-order valence-electron chi connectivity index (χ0n) is 8.70. The van der Waals surface area contributed by atoms with E-state index in [2.05, 4.69) is 4.74 Å². The van der Waals surface area contributed by atoms with Crippen LogP contribution in [0.15, 0.2) is 0 Å². The average molecular weight is 201 g/mol. The number of rotatable bonds is 2. The van der Waals surface area contributed by atoms with Crippen LogP contribution in [0.5, 0.6) is 0 Å². The average Bonchev–Trinajstić information content (AvgIpc) is 2.11. The maximum Gasteiger partial charge on any atom is 0.325 e. The summed E-state index contributed by atoms with van der Waals surface area (Å²) >= 11 is 0. The smallest absolute Gasteiger partial charge is 0.325 e. The van der Waals surface area contributed by atoms with E-state index in [1.807, 2.05) is 13.8 Å². The Hall–Kier alpha value is -1.10. The van der Waals surface area contributed by atoms with E-state index < -0.39 is 5.97 Å². The quantitative estimate of drug-likeness (QED) is 0.580. The second-order valence-corrected chi connectivity index (χ2v) is 3.87. The van der Waals surface area contributed by atoms with Crippen LogP contribution in [0, 0.1) is 0 Å². The lowest BCUT2D eigenvalue weighted by atomic mass is 10.1. The molecule has 0 atom stereocenters. The molecule has 0 saturated carbocycles. The van der Waals surface area contributed by atoms with E-state index in [0.717, 1.165) is 0 Å². The highest BCUT2D eigenvalue weighted by Gasteiger charge is 2.32. The van der Waals surface area contributed by atoms with E-state index in [-0.39, 0.29) is 24.7 Å². The molecular formula is C9H15NO4. The van der Waals surface area contributed by atoms with E-state index >= 15 is 0 Å². The highest BCUT2D eigenvalue weighted by molar-refractivity contribution is 5.83. The fraction of sp³-hybridized carbons (Fsp3) is 0.778. The zero-order chi connectivity index (χ0) is 10.8. The van der Waals surface area contributed by atoms with Crippen LogP contribution in [0.1, 0.15) is 13.8 Å². The third kappa shape index (κ3) is 2.70. The number of carbonyl (C=O) groups excluding carboxylic acids is 2. The summed E-state index contributed by atoms with van der Waals surface area (Å²) in [7, 11) is 1.30. The molecule has 1 aliphatic rings. The molecule has 1 amide bonds. The summed E-state index contributed by atoms with van der Waals surface area (Å²) in [6, 6.07) is 0. The third-order valence-electron chi connectivity index (χ3n) is 2.06. The second-order valence-electron chi connectivity index (χ2n) is 3.87. The van der Waals surface area contributed by atoms with Crippen molar-refractivity contribution >= 4 is 11.9 Å².